The highest BCUT2D eigenvalue weighted by atomic mass is 19.3. The number of nitriles is 1. The number of carbonyl (C=O) groups excluding carboxylic acids is 2. The van der Waals surface area contributed by atoms with Crippen LogP contribution in [0.2, 0.25) is 0 Å². The Morgan fingerprint density at radius 2 is 1.78 bits per heavy atom. The molecule has 3 heterocycles. The van der Waals surface area contributed by atoms with E-state index >= 15 is 0 Å². The number of amides is 2. The molecule has 4 aromatic rings. The lowest BCUT2D eigenvalue weighted by atomic mass is 10.0. The number of aromatic nitrogens is 2. The second kappa shape index (κ2) is 9.74. The Morgan fingerprint density at radius 1 is 1.05 bits per heavy atom. The van der Waals surface area contributed by atoms with Crippen molar-refractivity contribution in [3.8, 4) is 6.07 Å². The number of fused-ring (bicyclic) bond motifs is 2. The number of nitrogens with zero attached hydrogens (tertiary/aromatic N) is 4. The van der Waals surface area contributed by atoms with Crippen LogP contribution in [0.5, 0.6) is 0 Å². The van der Waals surface area contributed by atoms with Gasteiger partial charge in [0.25, 0.3) is 11.8 Å². The number of carbonyl (C=O) groups is 2. The number of rotatable bonds is 5. The Hall–Kier alpha value is -4.71. The molecule has 2 amide bonds. The monoisotopic (exact) mass is 497 g/mol. The van der Waals surface area contributed by atoms with Crippen LogP contribution in [0.4, 0.5) is 8.78 Å². The van der Waals surface area contributed by atoms with Gasteiger partial charge >= 0.3 is 0 Å². The third-order valence-electron chi connectivity index (χ3n) is 6.24. The van der Waals surface area contributed by atoms with E-state index in [1.54, 1.807) is 18.3 Å². The van der Waals surface area contributed by atoms with E-state index in [1.165, 1.54) is 12.3 Å². The molecular weight excluding hydrogens is 476 g/mol. The van der Waals surface area contributed by atoms with Gasteiger partial charge in [0.2, 0.25) is 5.91 Å². The van der Waals surface area contributed by atoms with E-state index in [2.05, 4.69) is 15.3 Å². The van der Waals surface area contributed by atoms with Gasteiger partial charge in [0.15, 0.2) is 0 Å². The largest absolute Gasteiger partial charge is 0.343 e. The summed E-state index contributed by atoms with van der Waals surface area (Å²) >= 11 is 0. The number of benzene rings is 2. The van der Waals surface area contributed by atoms with Gasteiger partial charge in [0.05, 0.1) is 35.8 Å². The summed E-state index contributed by atoms with van der Waals surface area (Å²) in [4.78, 5) is 34.8. The summed E-state index contributed by atoms with van der Waals surface area (Å²) < 4.78 is 27.3. The molecule has 0 saturated carbocycles. The highest BCUT2D eigenvalue weighted by Gasteiger charge is 2.47. The van der Waals surface area contributed by atoms with Crippen molar-refractivity contribution >= 4 is 45.8 Å². The molecule has 0 radical (unpaired) electrons. The van der Waals surface area contributed by atoms with Crippen LogP contribution < -0.4 is 5.32 Å². The SMILES string of the molecule is N#CC1CC(F)(F)CN1C(=O)CNC(=O)c1ccnc2ccc(C=Cc3ccc4ncccc4c3)cc12. The summed E-state index contributed by atoms with van der Waals surface area (Å²) in [5.41, 5.74) is 3.64. The van der Waals surface area contributed by atoms with Crippen LogP contribution in [0, 0.1) is 11.3 Å². The van der Waals surface area contributed by atoms with Crippen molar-refractivity contribution in [1.82, 2.24) is 20.2 Å². The summed E-state index contributed by atoms with van der Waals surface area (Å²) in [6.07, 6.45) is 6.41. The van der Waals surface area contributed by atoms with E-state index in [4.69, 9.17) is 5.26 Å². The molecule has 1 aliphatic rings. The first-order valence-corrected chi connectivity index (χ1v) is 11.6. The van der Waals surface area contributed by atoms with Gasteiger partial charge in [0.1, 0.15) is 6.04 Å². The van der Waals surface area contributed by atoms with Gasteiger partial charge in [0, 0.05) is 29.6 Å². The molecule has 2 aromatic heterocycles. The van der Waals surface area contributed by atoms with Crippen LogP contribution in [0.1, 0.15) is 27.9 Å². The van der Waals surface area contributed by atoms with E-state index in [1.807, 2.05) is 54.6 Å². The smallest absolute Gasteiger partial charge is 0.268 e. The number of hydrogen-bond donors (Lipinski definition) is 1. The lowest BCUT2D eigenvalue weighted by molar-refractivity contribution is -0.131. The molecule has 0 aliphatic carbocycles. The average Bonchev–Trinajstić information content (AvgIpc) is 3.24. The van der Waals surface area contributed by atoms with Crippen molar-refractivity contribution in [3.05, 3.63) is 83.7 Å². The maximum atomic E-state index is 13.7. The van der Waals surface area contributed by atoms with E-state index in [0.717, 1.165) is 26.9 Å². The maximum Gasteiger partial charge on any atom is 0.268 e. The van der Waals surface area contributed by atoms with E-state index in [0.29, 0.717) is 16.5 Å². The Labute approximate surface area is 211 Å². The molecule has 1 unspecified atom stereocenters. The second-order valence-corrected chi connectivity index (χ2v) is 8.83. The van der Waals surface area contributed by atoms with Crippen LogP contribution in [0.15, 0.2) is 67.0 Å². The third-order valence-corrected chi connectivity index (χ3v) is 6.24. The number of likely N-dealkylation sites (tertiary alicyclic amines) is 1. The maximum absolute atomic E-state index is 13.7. The second-order valence-electron chi connectivity index (χ2n) is 8.83. The molecule has 184 valence electrons. The summed E-state index contributed by atoms with van der Waals surface area (Å²) in [5.74, 6) is -4.39. The summed E-state index contributed by atoms with van der Waals surface area (Å²) in [6, 6.07) is 17.4. The van der Waals surface area contributed by atoms with Crippen molar-refractivity contribution in [2.45, 2.75) is 18.4 Å². The number of halogens is 2. The van der Waals surface area contributed by atoms with Gasteiger partial charge < -0.3 is 10.2 Å². The first kappa shape index (κ1) is 24.0. The normalized spacial score (nSPS) is 16.8. The van der Waals surface area contributed by atoms with Crippen LogP contribution in [-0.4, -0.2) is 51.7 Å². The van der Waals surface area contributed by atoms with E-state index < -0.39 is 43.3 Å². The Balaban J connectivity index is 1.33. The Bertz CT molecular complexity index is 1590. The predicted octanol–water partition coefficient (Wildman–Crippen LogP) is 4.44. The van der Waals surface area contributed by atoms with Gasteiger partial charge in [-0.1, -0.05) is 30.4 Å². The summed E-state index contributed by atoms with van der Waals surface area (Å²) in [6.45, 7) is -1.32. The minimum Gasteiger partial charge on any atom is -0.343 e. The van der Waals surface area contributed by atoms with Crippen LogP contribution in [0.25, 0.3) is 34.0 Å². The fraction of sp³-hybridized carbons (Fsp3) is 0.179. The zero-order valence-corrected chi connectivity index (χ0v) is 19.6. The molecule has 0 spiro atoms. The highest BCUT2D eigenvalue weighted by molar-refractivity contribution is 6.07. The van der Waals surface area contributed by atoms with Crippen molar-refractivity contribution in [2.24, 2.45) is 0 Å². The van der Waals surface area contributed by atoms with E-state index in [9.17, 15) is 18.4 Å². The van der Waals surface area contributed by atoms with Gasteiger partial charge in [-0.05, 0) is 47.5 Å². The summed E-state index contributed by atoms with van der Waals surface area (Å²) in [5, 5.41) is 13.2. The van der Waals surface area contributed by atoms with E-state index in [-0.39, 0.29) is 0 Å². The number of hydrogen-bond acceptors (Lipinski definition) is 5. The topological polar surface area (TPSA) is 99.0 Å². The zero-order valence-electron chi connectivity index (χ0n) is 19.6. The first-order chi connectivity index (χ1) is 17.8. The standard InChI is InChI=1S/C28H21F2N5O2/c29-28(30)14-21(15-31)35(17-28)26(36)16-34-27(37)22-9-11-33-25-8-6-19(13-23(22)25)4-3-18-5-7-24-20(12-18)2-1-10-32-24/h1-13,21H,14,16-17H2,(H,34,37). The van der Waals surface area contributed by atoms with Crippen molar-refractivity contribution in [2.75, 3.05) is 13.1 Å². The molecular formula is C28H21F2N5O2. The van der Waals surface area contributed by atoms with Crippen molar-refractivity contribution < 1.29 is 18.4 Å². The lowest BCUT2D eigenvalue weighted by Crippen LogP contribution is -2.43. The molecule has 1 N–H and O–H groups in total. The Kier molecular flexibility index (Phi) is 6.32. The van der Waals surface area contributed by atoms with Gasteiger partial charge in [-0.3, -0.25) is 19.6 Å². The number of pyridine rings is 2. The summed E-state index contributed by atoms with van der Waals surface area (Å²) in [7, 11) is 0. The molecule has 1 saturated heterocycles. The molecule has 7 nitrogen and oxygen atoms in total. The van der Waals surface area contributed by atoms with Crippen molar-refractivity contribution in [1.29, 1.82) is 5.26 Å². The van der Waals surface area contributed by atoms with Crippen LogP contribution in [-0.2, 0) is 4.79 Å². The predicted molar refractivity (Wildman–Crippen MR) is 135 cm³/mol. The zero-order chi connectivity index (χ0) is 26.0. The first-order valence-electron chi connectivity index (χ1n) is 11.6. The lowest BCUT2D eigenvalue weighted by Gasteiger charge is -2.19. The molecule has 1 aliphatic heterocycles. The molecule has 2 aromatic carbocycles. The molecule has 9 heteroatoms. The fourth-order valence-electron chi connectivity index (χ4n) is 4.40. The fourth-order valence-corrected chi connectivity index (χ4v) is 4.40. The minimum absolute atomic E-state index is 0.299. The van der Waals surface area contributed by atoms with Gasteiger partial charge in [-0.15, -0.1) is 0 Å². The Morgan fingerprint density at radius 3 is 2.57 bits per heavy atom. The van der Waals surface area contributed by atoms with Crippen molar-refractivity contribution in [3.63, 3.8) is 0 Å². The van der Waals surface area contributed by atoms with Gasteiger partial charge in [-0.25, -0.2) is 8.78 Å². The van der Waals surface area contributed by atoms with Crippen LogP contribution in [0.3, 0.4) is 0 Å². The number of alkyl halides is 2. The number of nitrogens with one attached hydrogen (secondary N) is 1. The molecule has 0 bridgehead atoms. The quantitative estimate of drug-likeness (QED) is 0.411. The van der Waals surface area contributed by atoms with Crippen LogP contribution >= 0.6 is 0 Å². The molecule has 1 atom stereocenters. The highest BCUT2D eigenvalue weighted by Crippen LogP contribution is 2.31. The van der Waals surface area contributed by atoms with Gasteiger partial charge in [-0.2, -0.15) is 5.26 Å². The molecule has 1 fully saturated rings. The minimum atomic E-state index is -3.12. The molecule has 5 rings (SSSR count). The third kappa shape index (κ3) is 5.14. The molecule has 37 heavy (non-hydrogen) atoms. The average molecular weight is 498 g/mol.